The molecule has 4 rings (SSSR count). The summed E-state index contributed by atoms with van der Waals surface area (Å²) < 4.78 is 37.1. The van der Waals surface area contributed by atoms with Crippen LogP contribution in [0.5, 0.6) is 0 Å². The lowest BCUT2D eigenvalue weighted by atomic mass is 10.0. The summed E-state index contributed by atoms with van der Waals surface area (Å²) in [4.78, 5) is 83.5. The summed E-state index contributed by atoms with van der Waals surface area (Å²) in [7, 11) is 3.19. The maximum Gasteiger partial charge on any atom is 0.490 e. The summed E-state index contributed by atoms with van der Waals surface area (Å²) in [5.41, 5.74) is -0.0709. The van der Waals surface area contributed by atoms with E-state index in [2.05, 4.69) is 25.7 Å². The van der Waals surface area contributed by atoms with Crippen LogP contribution in [0, 0.1) is 0 Å². The average molecular weight is 682 g/mol. The second-order valence-electron chi connectivity index (χ2n) is 9.19. The largest absolute Gasteiger partial charge is 0.490 e. The van der Waals surface area contributed by atoms with Crippen LogP contribution in [-0.2, 0) is 33.5 Å². The number of hydrogen-bond donors (Lipinski definition) is 4. The summed E-state index contributed by atoms with van der Waals surface area (Å²) >= 11 is 2.30. The van der Waals surface area contributed by atoms with Crippen LogP contribution >= 0.6 is 23.1 Å². The van der Waals surface area contributed by atoms with E-state index in [4.69, 9.17) is 19.5 Å². The first kappa shape index (κ1) is 35.0. The van der Waals surface area contributed by atoms with Crippen LogP contribution < -0.4 is 10.6 Å². The van der Waals surface area contributed by atoms with Crippen molar-refractivity contribution in [3.8, 4) is 0 Å². The minimum absolute atomic E-state index is 0.120. The number of aromatic nitrogens is 1. The number of rotatable bonds is 9. The average Bonchev–Trinajstić information content (AvgIpc) is 3.45. The Morgan fingerprint density at radius 3 is 2.40 bits per heavy atom. The highest BCUT2D eigenvalue weighted by Crippen LogP contribution is 2.40. The molecule has 1 unspecified atom stereocenters. The van der Waals surface area contributed by atoms with Crippen molar-refractivity contribution in [1.29, 1.82) is 0 Å². The minimum atomic E-state index is -5.08. The van der Waals surface area contributed by atoms with Crippen molar-refractivity contribution in [2.45, 2.75) is 17.6 Å². The molecule has 0 saturated carbocycles. The number of piperazine rings is 1. The van der Waals surface area contributed by atoms with Gasteiger partial charge in [0.15, 0.2) is 10.8 Å². The van der Waals surface area contributed by atoms with Crippen LogP contribution in [0.4, 0.5) is 23.1 Å². The Hall–Kier alpha value is -4.44. The number of carbonyl (C=O) groups excluding carboxylic acids is 4. The van der Waals surface area contributed by atoms with E-state index in [1.807, 2.05) is 7.05 Å². The van der Waals surface area contributed by atoms with E-state index in [9.17, 15) is 42.3 Å². The first-order valence-corrected chi connectivity index (χ1v) is 14.5. The number of thioether (sulfide) groups is 1. The van der Waals surface area contributed by atoms with Crippen molar-refractivity contribution < 1.29 is 61.7 Å². The van der Waals surface area contributed by atoms with Crippen molar-refractivity contribution in [2.75, 3.05) is 58.0 Å². The quantitative estimate of drug-likeness (QED) is 0.115. The molecule has 0 aliphatic carbocycles. The van der Waals surface area contributed by atoms with Gasteiger partial charge >= 0.3 is 24.2 Å². The lowest BCUT2D eigenvalue weighted by Crippen LogP contribution is -2.71. The first-order chi connectivity index (χ1) is 21.2. The maximum atomic E-state index is 13.0. The smallest absolute Gasteiger partial charge is 0.477 e. The van der Waals surface area contributed by atoms with E-state index < -0.39 is 47.4 Å². The molecule has 0 bridgehead atoms. The number of β-lactam (4-membered cyclic amide) rings is 1. The lowest BCUT2D eigenvalue weighted by Gasteiger charge is -2.49. The Morgan fingerprint density at radius 1 is 1.20 bits per heavy atom. The molecule has 1 aromatic rings. The van der Waals surface area contributed by atoms with Crippen LogP contribution in [0.2, 0.25) is 0 Å². The molecule has 0 radical (unpaired) electrons. The van der Waals surface area contributed by atoms with E-state index in [0.29, 0.717) is 38.2 Å². The molecular weight excluding hydrogens is 655 g/mol. The molecular formula is C23H26F3N7O10S2. The highest BCUT2D eigenvalue weighted by atomic mass is 32.2. The summed E-state index contributed by atoms with van der Waals surface area (Å²) in [6.07, 6.45) is -5.19. The standard InChI is InChI=1S/C21H25N7O8S2.C2HF3O2/c1-26-3-5-27(6-4-26)21(34)36-7-11-8-37-18-14(17(31)28(18)15(11)19(32)33)24-16(30)13(25-35-2)12-9-38-20(23-12)22-10-29;3-2(4,5)1(6)7/h9-10,14,18H,3-8H2,1-2H3,(H,24,30)(H,32,33)(H,22,23,29);(H,6,7)/t14?,18-;/m0./s1. The van der Waals surface area contributed by atoms with Crippen LogP contribution in [0.3, 0.4) is 0 Å². The van der Waals surface area contributed by atoms with Gasteiger partial charge in [-0.15, -0.1) is 23.1 Å². The number of carboxylic acid groups (broad SMARTS) is 2. The fourth-order valence-corrected chi connectivity index (χ4v) is 6.01. The molecule has 2 fully saturated rings. The fraction of sp³-hybridized carbons (Fsp3) is 0.478. The Kier molecular flexibility index (Phi) is 11.7. The van der Waals surface area contributed by atoms with E-state index in [0.717, 1.165) is 16.2 Å². The Morgan fingerprint density at radius 2 is 1.84 bits per heavy atom. The number of halogens is 3. The molecule has 4 N–H and O–H groups in total. The lowest BCUT2D eigenvalue weighted by molar-refractivity contribution is -0.192. The zero-order valence-electron chi connectivity index (χ0n) is 23.4. The molecule has 2 saturated heterocycles. The van der Waals surface area contributed by atoms with Gasteiger partial charge in [-0.3, -0.25) is 19.3 Å². The monoisotopic (exact) mass is 681 g/mol. The molecule has 0 spiro atoms. The number of alkyl halides is 3. The number of fused-ring (bicyclic) bond motifs is 1. The number of likely N-dealkylation sites (N-methyl/N-ethyl adjacent to an activating group) is 1. The van der Waals surface area contributed by atoms with Gasteiger partial charge in [-0.25, -0.2) is 19.4 Å². The second kappa shape index (κ2) is 15.0. The van der Waals surface area contributed by atoms with Gasteiger partial charge < -0.3 is 40.2 Å². The third kappa shape index (κ3) is 8.60. The Balaban J connectivity index is 0.000000707. The fourth-order valence-electron chi connectivity index (χ4n) is 4.03. The van der Waals surface area contributed by atoms with Crippen LogP contribution in [-0.4, -0.2) is 142 Å². The molecule has 1 aromatic heterocycles. The zero-order chi connectivity index (χ0) is 33.5. The summed E-state index contributed by atoms with van der Waals surface area (Å²) in [6.45, 7) is 2.17. The Bertz CT molecular complexity index is 1400. The van der Waals surface area contributed by atoms with E-state index in [-0.39, 0.29) is 34.6 Å². The molecule has 3 aliphatic heterocycles. The van der Waals surface area contributed by atoms with E-state index in [1.165, 1.54) is 24.3 Å². The van der Waals surface area contributed by atoms with Crippen LogP contribution in [0.15, 0.2) is 21.8 Å². The molecule has 4 amide bonds. The minimum Gasteiger partial charge on any atom is -0.477 e. The predicted molar refractivity (Wildman–Crippen MR) is 149 cm³/mol. The number of thiazole rings is 1. The number of ether oxygens (including phenoxy) is 1. The number of aliphatic carboxylic acids is 2. The van der Waals surface area contributed by atoms with Gasteiger partial charge in [-0.05, 0) is 7.05 Å². The number of amides is 4. The molecule has 246 valence electrons. The molecule has 4 heterocycles. The van der Waals surface area contributed by atoms with Gasteiger partial charge in [0.1, 0.15) is 36.5 Å². The molecule has 22 heteroatoms. The molecule has 2 atom stereocenters. The Labute approximate surface area is 260 Å². The number of carboxylic acids is 2. The van der Waals surface area contributed by atoms with Gasteiger partial charge in [0, 0.05) is 42.9 Å². The van der Waals surface area contributed by atoms with Gasteiger partial charge in [0.05, 0.1) is 0 Å². The number of nitrogens with one attached hydrogen (secondary N) is 2. The van der Waals surface area contributed by atoms with E-state index in [1.54, 1.807) is 4.90 Å². The zero-order valence-corrected chi connectivity index (χ0v) is 25.0. The predicted octanol–water partition coefficient (Wildman–Crippen LogP) is -0.182. The summed E-state index contributed by atoms with van der Waals surface area (Å²) in [5.74, 6) is -5.30. The number of hydrogen-bond acceptors (Lipinski definition) is 13. The molecule has 45 heavy (non-hydrogen) atoms. The highest BCUT2D eigenvalue weighted by Gasteiger charge is 2.54. The summed E-state index contributed by atoms with van der Waals surface area (Å²) in [5, 5.41) is 26.6. The highest BCUT2D eigenvalue weighted by molar-refractivity contribution is 8.00. The third-order valence-corrected chi connectivity index (χ3v) is 8.35. The van der Waals surface area contributed by atoms with Crippen molar-refractivity contribution in [1.82, 2.24) is 25.0 Å². The van der Waals surface area contributed by atoms with Gasteiger partial charge in [0.2, 0.25) is 6.41 Å². The first-order valence-electron chi connectivity index (χ1n) is 12.6. The van der Waals surface area contributed by atoms with Crippen LogP contribution in [0.25, 0.3) is 0 Å². The third-order valence-electron chi connectivity index (χ3n) is 6.24. The summed E-state index contributed by atoms with van der Waals surface area (Å²) in [6, 6.07) is -1.02. The number of nitrogens with zero attached hydrogens (tertiary/aromatic N) is 5. The van der Waals surface area contributed by atoms with Crippen molar-refractivity contribution >= 4 is 70.2 Å². The topological polar surface area (TPSA) is 220 Å². The number of carbonyl (C=O) groups is 6. The van der Waals surface area contributed by atoms with Crippen LogP contribution in [0.1, 0.15) is 5.69 Å². The molecule has 17 nitrogen and oxygen atoms in total. The number of anilines is 1. The van der Waals surface area contributed by atoms with E-state index >= 15 is 0 Å². The normalized spacial score (nSPS) is 20.2. The molecule has 3 aliphatic rings. The van der Waals surface area contributed by atoms with Crippen molar-refractivity contribution in [2.24, 2.45) is 5.16 Å². The number of oxime groups is 1. The van der Waals surface area contributed by atoms with Crippen molar-refractivity contribution in [3.05, 3.63) is 22.3 Å². The van der Waals surface area contributed by atoms with Gasteiger partial charge in [-0.1, -0.05) is 5.16 Å². The second-order valence-corrected chi connectivity index (χ2v) is 11.2. The van der Waals surface area contributed by atoms with Gasteiger partial charge in [-0.2, -0.15) is 13.2 Å². The van der Waals surface area contributed by atoms with Gasteiger partial charge in [0.25, 0.3) is 11.8 Å². The van der Waals surface area contributed by atoms with Crippen molar-refractivity contribution in [3.63, 3.8) is 0 Å². The SMILES string of the molecule is CON=C(C(=O)NC1C(=O)N2C(C(=O)O)=C(COC(=O)N3CCN(C)CC3)CS[C@@H]12)c1csc(NC=O)n1.O=C(O)C(F)(F)F. The maximum absolute atomic E-state index is 13.0. The molecule has 0 aromatic carbocycles.